The highest BCUT2D eigenvalue weighted by Gasteiger charge is 2.25. The predicted octanol–water partition coefficient (Wildman–Crippen LogP) is 4.76. The van der Waals surface area contributed by atoms with Crippen molar-refractivity contribution in [3.8, 4) is 0 Å². The molecule has 7 nitrogen and oxygen atoms in total. The van der Waals surface area contributed by atoms with Crippen LogP contribution in [-0.2, 0) is 17.6 Å². The second-order valence-electron chi connectivity index (χ2n) is 8.86. The monoisotopic (exact) mass is 455 g/mol. The zero-order valence-electron chi connectivity index (χ0n) is 20.6. The van der Waals surface area contributed by atoms with E-state index in [4.69, 9.17) is 10.1 Å². The van der Waals surface area contributed by atoms with Crippen molar-refractivity contribution in [2.24, 2.45) is 5.92 Å². The number of aliphatic carboxylic acids is 1. The number of rotatable bonds is 8. The van der Waals surface area contributed by atoms with E-state index < -0.39 is 5.97 Å². The number of carboxylic acids is 1. The minimum Gasteiger partial charge on any atom is -0.481 e. The normalized spacial score (nSPS) is 15.0. The van der Waals surface area contributed by atoms with Crippen LogP contribution in [0.1, 0.15) is 69.5 Å². The van der Waals surface area contributed by atoms with Gasteiger partial charge in [0.2, 0.25) is 0 Å². The smallest absolute Gasteiger partial charge is 0.304 e. The summed E-state index contributed by atoms with van der Waals surface area (Å²) in [7, 11) is 0. The van der Waals surface area contributed by atoms with Crippen molar-refractivity contribution in [2.45, 2.75) is 72.1 Å². The van der Waals surface area contributed by atoms with Gasteiger partial charge in [0.15, 0.2) is 0 Å². The van der Waals surface area contributed by atoms with Crippen molar-refractivity contribution in [1.29, 1.82) is 0 Å². The molecule has 33 heavy (non-hydrogen) atoms. The lowest BCUT2D eigenvalue weighted by molar-refractivity contribution is -0.137. The van der Waals surface area contributed by atoms with Gasteiger partial charge in [0, 0.05) is 44.3 Å². The van der Waals surface area contributed by atoms with E-state index in [1.165, 1.54) is 43.4 Å². The maximum atomic E-state index is 10.5. The molecule has 4 rings (SSSR count). The first-order valence-corrected chi connectivity index (χ1v) is 12.4. The lowest BCUT2D eigenvalue weighted by atomic mass is 9.93. The van der Waals surface area contributed by atoms with Crippen LogP contribution in [0.4, 0.5) is 5.82 Å². The van der Waals surface area contributed by atoms with Crippen LogP contribution in [0.15, 0.2) is 30.6 Å². The van der Waals surface area contributed by atoms with Gasteiger partial charge in [-0.1, -0.05) is 32.8 Å². The molecule has 0 aliphatic carbocycles. The van der Waals surface area contributed by atoms with Gasteiger partial charge in [-0.25, -0.2) is 15.0 Å². The molecule has 2 aromatic rings. The number of carbonyl (C=O) groups is 1. The molecule has 2 aromatic heterocycles. The Labute approximate surface area is 199 Å². The van der Waals surface area contributed by atoms with E-state index in [-0.39, 0.29) is 6.42 Å². The molecule has 2 aliphatic heterocycles. The number of hydrogen-bond acceptors (Lipinski definition) is 6. The summed E-state index contributed by atoms with van der Waals surface area (Å²) in [5.74, 6) is 1.99. The topological polar surface area (TPSA) is 91.2 Å². The molecule has 4 heterocycles. The van der Waals surface area contributed by atoms with Gasteiger partial charge in [0.25, 0.3) is 0 Å². The van der Waals surface area contributed by atoms with Gasteiger partial charge in [0.05, 0.1) is 6.42 Å². The molecule has 0 saturated carbocycles. The molecule has 1 saturated heterocycles. The maximum Gasteiger partial charge on any atom is 0.304 e. The first kappa shape index (κ1) is 26.7. The number of anilines is 1. The average Bonchev–Trinajstić information content (AvgIpc) is 2.78. The van der Waals surface area contributed by atoms with Crippen LogP contribution in [0.25, 0.3) is 0 Å². The van der Waals surface area contributed by atoms with Gasteiger partial charge >= 0.3 is 5.97 Å². The number of fused-ring (bicyclic) bond motifs is 1. The van der Waals surface area contributed by atoms with Crippen LogP contribution in [0.2, 0.25) is 0 Å². The molecule has 0 radical (unpaired) electrons. The fourth-order valence-electron chi connectivity index (χ4n) is 3.92. The van der Waals surface area contributed by atoms with Gasteiger partial charge < -0.3 is 15.3 Å². The molecule has 0 atom stereocenters. The maximum absolute atomic E-state index is 10.5. The number of nitrogens with one attached hydrogen (secondary N) is 1. The van der Waals surface area contributed by atoms with Crippen LogP contribution in [-0.4, -0.2) is 57.1 Å². The number of nitrogens with zero attached hydrogens (tertiary/aromatic N) is 4. The summed E-state index contributed by atoms with van der Waals surface area (Å²) in [6, 6.07) is 6.21. The molecule has 2 N–H and O–H groups in total. The fraction of sp³-hybridized carbons (Fsp3) is 0.615. The van der Waals surface area contributed by atoms with Crippen molar-refractivity contribution in [3.63, 3.8) is 0 Å². The summed E-state index contributed by atoms with van der Waals surface area (Å²) < 4.78 is 0. The largest absolute Gasteiger partial charge is 0.481 e. The number of aryl methyl sites for hydroxylation is 3. The van der Waals surface area contributed by atoms with Crippen molar-refractivity contribution in [2.75, 3.05) is 31.5 Å². The first-order chi connectivity index (χ1) is 16.0. The molecule has 2 aliphatic rings. The first-order valence-electron chi connectivity index (χ1n) is 12.4. The standard InChI is InChI=1S/C18H27N3O2.C5H6N2.C3H8/c22-17(23)9-11-21-12-14(13-21)4-1-2-6-16-8-7-15-5-3-10-19-18(15)20-16;1-5-6-3-2-4-7-5;1-3-2/h7-8,14H,1-6,9-13H2,(H,19,20)(H,22,23);2-4H,1H3;3H2,1-2H3. The lowest BCUT2D eigenvalue weighted by Gasteiger charge is -2.39. The molecule has 0 spiro atoms. The summed E-state index contributed by atoms with van der Waals surface area (Å²) in [4.78, 5) is 25.2. The zero-order chi connectivity index (χ0) is 23.9. The van der Waals surface area contributed by atoms with Crippen LogP contribution in [0.3, 0.4) is 0 Å². The van der Waals surface area contributed by atoms with Gasteiger partial charge in [-0.05, 0) is 62.6 Å². The fourth-order valence-corrected chi connectivity index (χ4v) is 3.92. The summed E-state index contributed by atoms with van der Waals surface area (Å²) in [5.41, 5.74) is 2.56. The molecule has 7 heteroatoms. The van der Waals surface area contributed by atoms with E-state index in [0.717, 1.165) is 50.0 Å². The van der Waals surface area contributed by atoms with Crippen molar-refractivity contribution >= 4 is 11.8 Å². The Morgan fingerprint density at radius 2 is 1.91 bits per heavy atom. The number of carboxylic acid groups (broad SMARTS) is 1. The van der Waals surface area contributed by atoms with E-state index in [2.05, 4.69) is 46.2 Å². The molecule has 182 valence electrons. The minimum absolute atomic E-state index is 0.269. The van der Waals surface area contributed by atoms with E-state index in [1.807, 2.05) is 6.92 Å². The molecule has 0 bridgehead atoms. The second-order valence-corrected chi connectivity index (χ2v) is 8.86. The molecular formula is C26H41N5O2. The molecule has 0 amide bonds. The third kappa shape index (κ3) is 10.7. The Bertz CT molecular complexity index is 810. The number of hydrogen-bond donors (Lipinski definition) is 2. The van der Waals surface area contributed by atoms with E-state index in [9.17, 15) is 4.79 Å². The van der Waals surface area contributed by atoms with Gasteiger partial charge in [-0.15, -0.1) is 0 Å². The molecule has 1 fully saturated rings. The Hall–Kier alpha value is -2.54. The van der Waals surface area contributed by atoms with Crippen LogP contribution in [0.5, 0.6) is 0 Å². The number of unbranched alkanes of at least 4 members (excludes halogenated alkanes) is 1. The number of aromatic nitrogens is 3. The van der Waals surface area contributed by atoms with Gasteiger partial charge in [-0.3, -0.25) is 4.79 Å². The third-order valence-electron chi connectivity index (χ3n) is 5.62. The summed E-state index contributed by atoms with van der Waals surface area (Å²) in [6.45, 7) is 10.0. The molecule has 0 unspecified atom stereocenters. The quantitative estimate of drug-likeness (QED) is 0.555. The highest BCUT2D eigenvalue weighted by Crippen LogP contribution is 2.23. The van der Waals surface area contributed by atoms with Crippen molar-refractivity contribution < 1.29 is 9.90 Å². The van der Waals surface area contributed by atoms with Crippen molar-refractivity contribution in [1.82, 2.24) is 19.9 Å². The van der Waals surface area contributed by atoms with Crippen LogP contribution in [0, 0.1) is 12.8 Å². The van der Waals surface area contributed by atoms with Crippen LogP contribution < -0.4 is 5.32 Å². The molecular weight excluding hydrogens is 414 g/mol. The summed E-state index contributed by atoms with van der Waals surface area (Å²) >= 11 is 0. The third-order valence-corrected chi connectivity index (χ3v) is 5.62. The average molecular weight is 456 g/mol. The van der Waals surface area contributed by atoms with Crippen LogP contribution >= 0.6 is 0 Å². The SMILES string of the molecule is CCC.Cc1ncccn1.O=C(O)CCN1CC(CCCCc2ccc3c(n2)NCCC3)C1. The highest BCUT2D eigenvalue weighted by molar-refractivity contribution is 5.66. The van der Waals surface area contributed by atoms with Gasteiger partial charge in [0.1, 0.15) is 11.6 Å². The lowest BCUT2D eigenvalue weighted by Crippen LogP contribution is -2.47. The Morgan fingerprint density at radius 3 is 2.55 bits per heavy atom. The van der Waals surface area contributed by atoms with Crippen molar-refractivity contribution in [3.05, 3.63) is 47.7 Å². The number of pyridine rings is 1. The predicted molar refractivity (Wildman–Crippen MR) is 134 cm³/mol. The Kier molecular flexibility index (Phi) is 12.4. The van der Waals surface area contributed by atoms with E-state index in [1.54, 1.807) is 18.5 Å². The summed E-state index contributed by atoms with van der Waals surface area (Å²) in [5, 5.41) is 12.1. The van der Waals surface area contributed by atoms with Gasteiger partial charge in [-0.2, -0.15) is 0 Å². The zero-order valence-corrected chi connectivity index (χ0v) is 20.6. The van der Waals surface area contributed by atoms with E-state index >= 15 is 0 Å². The highest BCUT2D eigenvalue weighted by atomic mass is 16.4. The molecule has 0 aromatic carbocycles. The van der Waals surface area contributed by atoms with E-state index in [0.29, 0.717) is 6.54 Å². The number of likely N-dealkylation sites (tertiary alicyclic amines) is 1. The Morgan fingerprint density at radius 1 is 1.18 bits per heavy atom. The summed E-state index contributed by atoms with van der Waals surface area (Å²) in [6.07, 6.45) is 12.1. The minimum atomic E-state index is -0.694. The second kappa shape index (κ2) is 15.3. The Balaban J connectivity index is 0.000000321.